The molecule has 0 amide bonds. The highest BCUT2D eigenvalue weighted by Crippen LogP contribution is 1.94. The summed E-state index contributed by atoms with van der Waals surface area (Å²) < 4.78 is 10.1. The largest absolute Gasteiger partial charge is 0.481 e. The third kappa shape index (κ3) is 7.70. The van der Waals surface area contributed by atoms with Gasteiger partial charge in [0.2, 0.25) is 0 Å². The lowest BCUT2D eigenvalue weighted by Crippen LogP contribution is -2.18. The Hall–Kier alpha value is -0.650. The number of hydrogen-bond acceptors (Lipinski definition) is 4. The highest BCUT2D eigenvalue weighted by atomic mass is 16.5. The Morgan fingerprint density at radius 1 is 1.38 bits per heavy atom. The Balaban J connectivity index is 3.11. The highest BCUT2D eigenvalue weighted by molar-refractivity contribution is 5.69. The molecule has 0 radical (unpaired) electrons. The van der Waals surface area contributed by atoms with Crippen LogP contribution in [0.5, 0.6) is 0 Å². The number of nitrogens with two attached hydrogens (primary N) is 1. The molecule has 5 nitrogen and oxygen atoms in total. The molecule has 0 aliphatic rings. The number of hydrogen-bond donors (Lipinski definition) is 2. The van der Waals surface area contributed by atoms with Crippen LogP contribution in [0.3, 0.4) is 0 Å². The summed E-state index contributed by atoms with van der Waals surface area (Å²) in [5.74, 6) is -1.31. The minimum Gasteiger partial charge on any atom is -0.481 e. The average molecular weight is 191 g/mol. The lowest BCUT2D eigenvalue weighted by molar-refractivity contribution is -0.143. The van der Waals surface area contributed by atoms with Gasteiger partial charge in [-0.2, -0.15) is 0 Å². The summed E-state index contributed by atoms with van der Waals surface area (Å²) in [5.41, 5.74) is 5.19. The molecule has 0 saturated heterocycles. The molecule has 0 heterocycles. The second kappa shape index (κ2) is 7.97. The Bertz CT molecular complexity index is 140. The summed E-state index contributed by atoms with van der Waals surface area (Å²) in [4.78, 5) is 10.3. The van der Waals surface area contributed by atoms with E-state index in [1.165, 1.54) is 0 Å². The van der Waals surface area contributed by atoms with Gasteiger partial charge in [0.25, 0.3) is 0 Å². The van der Waals surface area contributed by atoms with Crippen LogP contribution in [0.25, 0.3) is 0 Å². The maximum Gasteiger partial charge on any atom is 0.308 e. The molecule has 5 heteroatoms. The maximum absolute atomic E-state index is 10.3. The first-order valence-corrected chi connectivity index (χ1v) is 4.26. The van der Waals surface area contributed by atoms with Gasteiger partial charge in [-0.3, -0.25) is 4.79 Å². The van der Waals surface area contributed by atoms with Gasteiger partial charge in [0.15, 0.2) is 0 Å². The molecule has 0 aliphatic heterocycles. The van der Waals surface area contributed by atoms with E-state index >= 15 is 0 Å². The van der Waals surface area contributed by atoms with E-state index in [1.807, 2.05) is 0 Å². The molecule has 3 N–H and O–H groups in total. The van der Waals surface area contributed by atoms with Gasteiger partial charge in [-0.05, 0) is 6.92 Å². The van der Waals surface area contributed by atoms with Gasteiger partial charge in [0.05, 0.1) is 32.3 Å². The van der Waals surface area contributed by atoms with Gasteiger partial charge < -0.3 is 20.3 Å². The van der Waals surface area contributed by atoms with Gasteiger partial charge in [0, 0.05) is 6.54 Å². The topological polar surface area (TPSA) is 81.8 Å². The first-order valence-electron chi connectivity index (χ1n) is 4.26. The second-order valence-corrected chi connectivity index (χ2v) is 2.72. The van der Waals surface area contributed by atoms with E-state index in [0.29, 0.717) is 26.4 Å². The second-order valence-electron chi connectivity index (χ2n) is 2.72. The quantitative estimate of drug-likeness (QED) is 0.515. The van der Waals surface area contributed by atoms with Crippen molar-refractivity contribution in [3.8, 4) is 0 Å². The predicted octanol–water partition coefficient (Wildman–Crippen LogP) is -0.301. The van der Waals surface area contributed by atoms with E-state index in [4.69, 9.17) is 20.3 Å². The summed E-state index contributed by atoms with van der Waals surface area (Å²) in [6.07, 6.45) is 0. The van der Waals surface area contributed by atoms with Crippen LogP contribution in [-0.4, -0.2) is 44.0 Å². The zero-order valence-electron chi connectivity index (χ0n) is 7.86. The Morgan fingerprint density at radius 2 is 2.00 bits per heavy atom. The SMILES string of the molecule is CC(COCCOCCN)C(=O)O. The van der Waals surface area contributed by atoms with Crippen LogP contribution in [-0.2, 0) is 14.3 Å². The van der Waals surface area contributed by atoms with Crippen LogP contribution in [0.15, 0.2) is 0 Å². The molecule has 1 atom stereocenters. The smallest absolute Gasteiger partial charge is 0.308 e. The monoisotopic (exact) mass is 191 g/mol. The van der Waals surface area contributed by atoms with Crippen molar-refractivity contribution in [3.63, 3.8) is 0 Å². The maximum atomic E-state index is 10.3. The standard InChI is InChI=1S/C8H17NO4/c1-7(8(10)11)6-13-5-4-12-3-2-9/h7H,2-6,9H2,1H3,(H,10,11). The average Bonchev–Trinajstić information content (AvgIpc) is 2.10. The van der Waals surface area contributed by atoms with Gasteiger partial charge >= 0.3 is 5.97 Å². The normalized spacial score (nSPS) is 12.8. The van der Waals surface area contributed by atoms with Crippen LogP contribution < -0.4 is 5.73 Å². The van der Waals surface area contributed by atoms with Crippen LogP contribution in [0.1, 0.15) is 6.92 Å². The van der Waals surface area contributed by atoms with Crippen LogP contribution in [0.4, 0.5) is 0 Å². The minimum atomic E-state index is -0.845. The van der Waals surface area contributed by atoms with Crippen molar-refractivity contribution in [2.45, 2.75) is 6.92 Å². The summed E-state index contributed by atoms with van der Waals surface area (Å²) in [6, 6.07) is 0. The van der Waals surface area contributed by atoms with Gasteiger partial charge in [-0.25, -0.2) is 0 Å². The summed E-state index contributed by atoms with van der Waals surface area (Å²) in [5, 5.41) is 8.49. The van der Waals surface area contributed by atoms with Gasteiger partial charge in [-0.1, -0.05) is 0 Å². The lowest BCUT2D eigenvalue weighted by atomic mass is 10.2. The van der Waals surface area contributed by atoms with E-state index in [-0.39, 0.29) is 6.61 Å². The number of rotatable bonds is 8. The van der Waals surface area contributed by atoms with Crippen molar-refractivity contribution in [2.75, 3.05) is 33.0 Å². The summed E-state index contributed by atoms with van der Waals surface area (Å²) in [7, 11) is 0. The third-order valence-electron chi connectivity index (χ3n) is 1.42. The molecule has 0 aromatic heterocycles. The molecular formula is C8H17NO4. The zero-order valence-corrected chi connectivity index (χ0v) is 7.86. The Morgan fingerprint density at radius 3 is 2.54 bits per heavy atom. The molecular weight excluding hydrogens is 174 g/mol. The van der Waals surface area contributed by atoms with E-state index < -0.39 is 11.9 Å². The minimum absolute atomic E-state index is 0.224. The molecule has 1 unspecified atom stereocenters. The van der Waals surface area contributed by atoms with Gasteiger partial charge in [-0.15, -0.1) is 0 Å². The summed E-state index contributed by atoms with van der Waals surface area (Å²) in [6.45, 7) is 3.70. The molecule has 0 bridgehead atoms. The lowest BCUT2D eigenvalue weighted by Gasteiger charge is -2.07. The van der Waals surface area contributed by atoms with Crippen LogP contribution >= 0.6 is 0 Å². The zero-order chi connectivity index (χ0) is 10.1. The predicted molar refractivity (Wildman–Crippen MR) is 47.5 cm³/mol. The van der Waals surface area contributed by atoms with E-state index in [2.05, 4.69) is 0 Å². The van der Waals surface area contributed by atoms with Crippen molar-refractivity contribution in [3.05, 3.63) is 0 Å². The number of aliphatic carboxylic acids is 1. The first kappa shape index (κ1) is 12.3. The highest BCUT2D eigenvalue weighted by Gasteiger charge is 2.09. The number of ether oxygens (including phenoxy) is 2. The first-order chi connectivity index (χ1) is 6.18. The molecule has 0 rings (SSSR count). The fourth-order valence-electron chi connectivity index (χ4n) is 0.635. The van der Waals surface area contributed by atoms with Crippen molar-refractivity contribution >= 4 is 5.97 Å². The number of carboxylic acids is 1. The Labute approximate surface area is 77.8 Å². The van der Waals surface area contributed by atoms with Crippen molar-refractivity contribution in [1.82, 2.24) is 0 Å². The molecule has 0 saturated carbocycles. The molecule has 0 spiro atoms. The van der Waals surface area contributed by atoms with E-state index in [1.54, 1.807) is 6.92 Å². The van der Waals surface area contributed by atoms with Crippen molar-refractivity contribution in [2.24, 2.45) is 11.7 Å². The summed E-state index contributed by atoms with van der Waals surface area (Å²) >= 11 is 0. The van der Waals surface area contributed by atoms with Crippen molar-refractivity contribution < 1.29 is 19.4 Å². The van der Waals surface area contributed by atoms with E-state index in [9.17, 15) is 4.79 Å². The van der Waals surface area contributed by atoms with Crippen LogP contribution in [0.2, 0.25) is 0 Å². The number of carbonyl (C=O) groups is 1. The molecule has 13 heavy (non-hydrogen) atoms. The van der Waals surface area contributed by atoms with E-state index in [0.717, 1.165) is 0 Å². The fraction of sp³-hybridized carbons (Fsp3) is 0.875. The fourth-order valence-corrected chi connectivity index (χ4v) is 0.635. The third-order valence-corrected chi connectivity index (χ3v) is 1.42. The molecule has 0 aliphatic carbocycles. The van der Waals surface area contributed by atoms with Crippen LogP contribution in [0, 0.1) is 5.92 Å². The van der Waals surface area contributed by atoms with Crippen molar-refractivity contribution in [1.29, 1.82) is 0 Å². The molecule has 0 fully saturated rings. The van der Waals surface area contributed by atoms with Gasteiger partial charge in [0.1, 0.15) is 0 Å². The molecule has 78 valence electrons. The molecule has 0 aromatic rings. The Kier molecular flexibility index (Phi) is 7.57. The molecule has 0 aromatic carbocycles. The number of carboxylic acid groups (broad SMARTS) is 1.